The quantitative estimate of drug-likeness (QED) is 0.734. The Balaban J connectivity index is 2.14. The molecular weight excluding hydrogens is 232 g/mol. The van der Waals surface area contributed by atoms with Crippen LogP contribution in [0.5, 0.6) is 0 Å². The summed E-state index contributed by atoms with van der Waals surface area (Å²) in [6.07, 6.45) is 8.03. The summed E-state index contributed by atoms with van der Waals surface area (Å²) in [6.45, 7) is 0. The molecule has 3 aromatic heterocycles. The lowest BCUT2D eigenvalue weighted by molar-refractivity contribution is 0.0696. The van der Waals surface area contributed by atoms with Gasteiger partial charge in [-0.1, -0.05) is 0 Å². The summed E-state index contributed by atoms with van der Waals surface area (Å²) in [5, 5.41) is 8.91. The Labute approximate surface area is 102 Å². The van der Waals surface area contributed by atoms with Gasteiger partial charge in [0.1, 0.15) is 17.0 Å². The number of carbonyl (C=O) groups is 1. The van der Waals surface area contributed by atoms with Gasteiger partial charge in [0.2, 0.25) is 0 Å². The minimum Gasteiger partial charge on any atom is -0.478 e. The van der Waals surface area contributed by atoms with Gasteiger partial charge in [0.25, 0.3) is 0 Å². The Bertz CT molecular complexity index is 721. The second-order valence-corrected chi connectivity index (χ2v) is 3.71. The molecule has 3 heterocycles. The van der Waals surface area contributed by atoms with Crippen LogP contribution in [-0.2, 0) is 0 Å². The number of carboxylic acid groups (broad SMARTS) is 1. The van der Waals surface area contributed by atoms with Crippen LogP contribution in [0.1, 0.15) is 10.4 Å². The molecule has 88 valence electrons. The van der Waals surface area contributed by atoms with Crippen LogP contribution in [0.3, 0.4) is 0 Å². The zero-order valence-corrected chi connectivity index (χ0v) is 9.19. The highest BCUT2D eigenvalue weighted by molar-refractivity contribution is 5.87. The zero-order chi connectivity index (χ0) is 12.5. The fraction of sp³-hybridized carbons (Fsp3) is 0. The summed E-state index contributed by atoms with van der Waals surface area (Å²) in [5.41, 5.74) is 2.19. The second-order valence-electron chi connectivity index (χ2n) is 3.71. The van der Waals surface area contributed by atoms with E-state index in [-0.39, 0.29) is 5.56 Å². The van der Waals surface area contributed by atoms with Crippen LogP contribution < -0.4 is 0 Å². The molecule has 0 atom stereocenters. The van der Waals surface area contributed by atoms with E-state index in [4.69, 9.17) is 5.11 Å². The standard InChI is InChI=1S/C12H8N4O2/c17-12(18)8-1-2-11-15-10(7-16(11)6-8)9-5-13-3-4-14-9/h1-7H,(H,17,18). The predicted molar refractivity (Wildman–Crippen MR) is 63.2 cm³/mol. The third-order valence-corrected chi connectivity index (χ3v) is 2.52. The topological polar surface area (TPSA) is 80.4 Å². The van der Waals surface area contributed by atoms with Crippen LogP contribution >= 0.6 is 0 Å². The zero-order valence-electron chi connectivity index (χ0n) is 9.19. The lowest BCUT2D eigenvalue weighted by Gasteiger charge is -1.95. The van der Waals surface area contributed by atoms with Crippen molar-refractivity contribution in [2.24, 2.45) is 0 Å². The van der Waals surface area contributed by atoms with Gasteiger partial charge in [0, 0.05) is 24.8 Å². The number of aromatic carboxylic acids is 1. The predicted octanol–water partition coefficient (Wildman–Crippen LogP) is 1.49. The molecule has 1 N–H and O–H groups in total. The number of imidazole rings is 1. The van der Waals surface area contributed by atoms with Crippen molar-refractivity contribution in [2.75, 3.05) is 0 Å². The Hall–Kier alpha value is -2.76. The van der Waals surface area contributed by atoms with Gasteiger partial charge in [-0.25, -0.2) is 9.78 Å². The summed E-state index contributed by atoms with van der Waals surface area (Å²) in [4.78, 5) is 23.3. The van der Waals surface area contributed by atoms with Crippen molar-refractivity contribution in [2.45, 2.75) is 0 Å². The molecule has 0 aliphatic carbocycles. The van der Waals surface area contributed by atoms with Gasteiger partial charge >= 0.3 is 5.97 Å². The molecule has 0 aliphatic rings. The first-order valence-electron chi connectivity index (χ1n) is 5.22. The Morgan fingerprint density at radius 2 is 2.06 bits per heavy atom. The minimum absolute atomic E-state index is 0.214. The van der Waals surface area contributed by atoms with Crippen molar-refractivity contribution in [1.29, 1.82) is 0 Å². The smallest absolute Gasteiger partial charge is 0.337 e. The van der Waals surface area contributed by atoms with E-state index in [1.165, 1.54) is 12.3 Å². The average Bonchev–Trinajstić information content (AvgIpc) is 2.82. The van der Waals surface area contributed by atoms with Crippen LogP contribution in [0, 0.1) is 0 Å². The molecule has 0 saturated carbocycles. The summed E-state index contributed by atoms with van der Waals surface area (Å²) in [7, 11) is 0. The van der Waals surface area contributed by atoms with Crippen molar-refractivity contribution >= 4 is 11.6 Å². The fourth-order valence-corrected chi connectivity index (χ4v) is 1.67. The Kier molecular flexibility index (Phi) is 2.26. The van der Waals surface area contributed by atoms with Crippen molar-refractivity contribution in [1.82, 2.24) is 19.4 Å². The van der Waals surface area contributed by atoms with E-state index in [1.807, 2.05) is 0 Å². The molecule has 0 aliphatic heterocycles. The van der Waals surface area contributed by atoms with Crippen molar-refractivity contribution < 1.29 is 9.90 Å². The van der Waals surface area contributed by atoms with E-state index in [0.29, 0.717) is 17.0 Å². The summed E-state index contributed by atoms with van der Waals surface area (Å²) in [6, 6.07) is 3.18. The van der Waals surface area contributed by atoms with Crippen LogP contribution in [0.4, 0.5) is 0 Å². The summed E-state index contributed by atoms with van der Waals surface area (Å²) in [5.74, 6) is -0.966. The third-order valence-electron chi connectivity index (χ3n) is 2.52. The first kappa shape index (κ1) is 10.4. The maximum atomic E-state index is 10.9. The molecule has 3 rings (SSSR count). The van der Waals surface area contributed by atoms with E-state index >= 15 is 0 Å². The molecule has 6 heteroatoms. The number of carboxylic acids is 1. The molecule has 3 aromatic rings. The van der Waals surface area contributed by atoms with E-state index < -0.39 is 5.97 Å². The highest BCUT2D eigenvalue weighted by Gasteiger charge is 2.08. The Morgan fingerprint density at radius 3 is 2.78 bits per heavy atom. The normalized spacial score (nSPS) is 10.7. The number of hydrogen-bond acceptors (Lipinski definition) is 4. The highest BCUT2D eigenvalue weighted by Crippen LogP contribution is 2.16. The first-order valence-corrected chi connectivity index (χ1v) is 5.22. The van der Waals surface area contributed by atoms with Crippen LogP contribution in [0.2, 0.25) is 0 Å². The fourth-order valence-electron chi connectivity index (χ4n) is 1.67. The van der Waals surface area contributed by atoms with E-state index in [0.717, 1.165) is 0 Å². The molecule has 0 amide bonds. The summed E-state index contributed by atoms with van der Waals surface area (Å²) >= 11 is 0. The van der Waals surface area contributed by atoms with Gasteiger partial charge in [0.05, 0.1) is 11.8 Å². The minimum atomic E-state index is -0.966. The van der Waals surface area contributed by atoms with Gasteiger partial charge in [-0.2, -0.15) is 0 Å². The number of hydrogen-bond donors (Lipinski definition) is 1. The average molecular weight is 240 g/mol. The second kappa shape index (κ2) is 3.92. The Morgan fingerprint density at radius 1 is 1.17 bits per heavy atom. The van der Waals surface area contributed by atoms with E-state index in [1.54, 1.807) is 35.3 Å². The van der Waals surface area contributed by atoms with Crippen LogP contribution in [0.25, 0.3) is 17.0 Å². The molecule has 0 radical (unpaired) electrons. The largest absolute Gasteiger partial charge is 0.478 e. The van der Waals surface area contributed by atoms with Crippen LogP contribution in [-0.4, -0.2) is 30.4 Å². The van der Waals surface area contributed by atoms with Crippen LogP contribution in [0.15, 0.2) is 43.1 Å². The number of pyridine rings is 1. The monoisotopic (exact) mass is 240 g/mol. The van der Waals surface area contributed by atoms with Gasteiger partial charge < -0.3 is 9.51 Å². The lowest BCUT2D eigenvalue weighted by atomic mass is 10.3. The molecule has 0 bridgehead atoms. The molecule has 6 nitrogen and oxygen atoms in total. The van der Waals surface area contributed by atoms with Gasteiger partial charge in [-0.05, 0) is 12.1 Å². The van der Waals surface area contributed by atoms with Crippen molar-refractivity contribution in [3.05, 3.63) is 48.7 Å². The molecule has 0 spiro atoms. The van der Waals surface area contributed by atoms with Crippen molar-refractivity contribution in [3.8, 4) is 11.4 Å². The van der Waals surface area contributed by atoms with Crippen molar-refractivity contribution in [3.63, 3.8) is 0 Å². The third kappa shape index (κ3) is 1.69. The molecule has 0 saturated heterocycles. The first-order chi connectivity index (χ1) is 8.74. The lowest BCUT2D eigenvalue weighted by Crippen LogP contribution is -1.97. The molecule has 0 fully saturated rings. The van der Waals surface area contributed by atoms with E-state index in [2.05, 4.69) is 15.0 Å². The number of fused-ring (bicyclic) bond motifs is 1. The van der Waals surface area contributed by atoms with Gasteiger partial charge in [0.15, 0.2) is 0 Å². The number of aromatic nitrogens is 4. The van der Waals surface area contributed by atoms with Gasteiger partial charge in [-0.15, -0.1) is 0 Å². The number of nitrogens with zero attached hydrogens (tertiary/aromatic N) is 4. The summed E-state index contributed by atoms with van der Waals surface area (Å²) < 4.78 is 1.66. The maximum absolute atomic E-state index is 10.9. The highest BCUT2D eigenvalue weighted by atomic mass is 16.4. The molecular formula is C12H8N4O2. The SMILES string of the molecule is O=C(O)c1ccc2nc(-c3cnccn3)cn2c1. The maximum Gasteiger partial charge on any atom is 0.337 e. The molecule has 0 aromatic carbocycles. The number of rotatable bonds is 2. The molecule has 18 heavy (non-hydrogen) atoms. The molecule has 0 unspecified atom stereocenters. The van der Waals surface area contributed by atoms with Gasteiger partial charge in [-0.3, -0.25) is 9.97 Å². The van der Waals surface area contributed by atoms with E-state index in [9.17, 15) is 4.79 Å².